The first-order valence-electron chi connectivity index (χ1n) is 5.28. The first-order chi connectivity index (χ1) is 7.49. The maximum absolute atomic E-state index is 5.58. The molecule has 4 nitrogen and oxygen atoms in total. The van der Waals surface area contributed by atoms with Crippen molar-refractivity contribution >= 4 is 17.2 Å². The maximum atomic E-state index is 5.58. The van der Waals surface area contributed by atoms with Crippen molar-refractivity contribution in [3.05, 3.63) is 18.0 Å². The lowest BCUT2D eigenvalue weighted by molar-refractivity contribution is 0.177. The summed E-state index contributed by atoms with van der Waals surface area (Å²) in [7, 11) is 0. The summed E-state index contributed by atoms with van der Waals surface area (Å²) in [4.78, 5) is 8.39. The Kier molecular flexibility index (Phi) is 4.61. The van der Waals surface area contributed by atoms with Crippen LogP contribution in [-0.2, 0) is 0 Å². The number of hydrogen-bond donors (Lipinski definition) is 1. The lowest BCUT2D eigenvalue weighted by atomic mass is 10.1. The molecule has 1 unspecified atom stereocenters. The van der Waals surface area contributed by atoms with E-state index in [0.29, 0.717) is 17.6 Å². The van der Waals surface area contributed by atoms with E-state index in [1.807, 2.05) is 6.92 Å². The van der Waals surface area contributed by atoms with Gasteiger partial charge in [0.05, 0.1) is 6.10 Å². The third kappa shape index (κ3) is 4.10. The third-order valence-corrected chi connectivity index (χ3v) is 2.20. The molecule has 0 saturated carbocycles. The summed E-state index contributed by atoms with van der Waals surface area (Å²) in [6.07, 6.45) is 2.64. The molecule has 0 aliphatic heterocycles. The molecule has 0 aliphatic carbocycles. The Bertz CT molecular complexity index is 368. The highest BCUT2D eigenvalue weighted by molar-refractivity contribution is 7.80. The van der Waals surface area contributed by atoms with E-state index in [2.05, 4.69) is 23.8 Å². The van der Waals surface area contributed by atoms with Crippen molar-refractivity contribution in [1.82, 2.24) is 9.97 Å². The number of nitrogens with zero attached hydrogens (tertiary/aromatic N) is 2. The van der Waals surface area contributed by atoms with Crippen LogP contribution in [0.5, 0.6) is 6.01 Å². The van der Waals surface area contributed by atoms with Gasteiger partial charge in [-0.1, -0.05) is 26.1 Å². The van der Waals surface area contributed by atoms with Gasteiger partial charge in [-0.15, -0.1) is 0 Å². The van der Waals surface area contributed by atoms with Gasteiger partial charge in [0.15, 0.2) is 0 Å². The number of aromatic nitrogens is 2. The van der Waals surface area contributed by atoms with E-state index >= 15 is 0 Å². The molecule has 0 fully saturated rings. The summed E-state index contributed by atoms with van der Waals surface area (Å²) in [5.41, 5.74) is 6.02. The van der Waals surface area contributed by atoms with Gasteiger partial charge in [0.25, 0.3) is 0 Å². The SMILES string of the molecule is CC(C)CC(C)Oc1nccc(C(N)=S)n1. The van der Waals surface area contributed by atoms with Crippen LogP contribution in [0.25, 0.3) is 0 Å². The van der Waals surface area contributed by atoms with Crippen molar-refractivity contribution in [3.63, 3.8) is 0 Å². The lowest BCUT2D eigenvalue weighted by Gasteiger charge is -2.15. The summed E-state index contributed by atoms with van der Waals surface area (Å²) in [6.45, 7) is 6.29. The molecule has 2 N–H and O–H groups in total. The molecule has 0 aromatic carbocycles. The van der Waals surface area contributed by atoms with Crippen molar-refractivity contribution in [3.8, 4) is 6.01 Å². The fourth-order valence-electron chi connectivity index (χ4n) is 1.43. The van der Waals surface area contributed by atoms with E-state index in [9.17, 15) is 0 Å². The fourth-order valence-corrected chi connectivity index (χ4v) is 1.54. The predicted octanol–water partition coefficient (Wildman–Crippen LogP) is 1.92. The van der Waals surface area contributed by atoms with Crippen LogP contribution >= 0.6 is 12.2 Å². The van der Waals surface area contributed by atoms with Crippen molar-refractivity contribution in [2.45, 2.75) is 33.3 Å². The Labute approximate surface area is 101 Å². The fraction of sp³-hybridized carbons (Fsp3) is 0.545. The van der Waals surface area contributed by atoms with Crippen LogP contribution in [0.2, 0.25) is 0 Å². The summed E-state index contributed by atoms with van der Waals surface area (Å²) in [6, 6.07) is 2.00. The Morgan fingerprint density at radius 2 is 2.19 bits per heavy atom. The van der Waals surface area contributed by atoms with Gasteiger partial charge in [-0.3, -0.25) is 0 Å². The van der Waals surface area contributed by atoms with Gasteiger partial charge >= 0.3 is 6.01 Å². The molecular weight excluding hydrogens is 222 g/mol. The van der Waals surface area contributed by atoms with E-state index in [1.165, 1.54) is 0 Å². The molecule has 5 heteroatoms. The Morgan fingerprint density at radius 3 is 2.75 bits per heavy atom. The molecule has 1 atom stereocenters. The minimum absolute atomic E-state index is 0.0848. The van der Waals surface area contributed by atoms with Gasteiger partial charge in [-0.2, -0.15) is 4.98 Å². The minimum atomic E-state index is 0.0848. The second-order valence-electron chi connectivity index (χ2n) is 4.15. The van der Waals surface area contributed by atoms with Gasteiger partial charge in [-0.05, 0) is 25.3 Å². The summed E-state index contributed by atoms with van der Waals surface area (Å²) < 4.78 is 5.58. The summed E-state index contributed by atoms with van der Waals surface area (Å²) in [5.74, 6) is 0.578. The molecule has 0 aliphatic rings. The van der Waals surface area contributed by atoms with E-state index < -0.39 is 0 Å². The lowest BCUT2D eigenvalue weighted by Crippen LogP contribution is -2.18. The van der Waals surface area contributed by atoms with Crippen LogP contribution in [0.1, 0.15) is 32.9 Å². The van der Waals surface area contributed by atoms with Crippen LogP contribution in [0, 0.1) is 5.92 Å². The van der Waals surface area contributed by atoms with Crippen LogP contribution in [0.3, 0.4) is 0 Å². The Morgan fingerprint density at radius 1 is 1.50 bits per heavy atom. The van der Waals surface area contributed by atoms with Gasteiger partial charge in [-0.25, -0.2) is 4.98 Å². The summed E-state index contributed by atoms with van der Waals surface area (Å²) in [5, 5.41) is 0. The van der Waals surface area contributed by atoms with E-state index in [0.717, 1.165) is 6.42 Å². The van der Waals surface area contributed by atoms with Crippen LogP contribution in [0.15, 0.2) is 12.3 Å². The minimum Gasteiger partial charge on any atom is -0.460 e. The highest BCUT2D eigenvalue weighted by atomic mass is 32.1. The second-order valence-corrected chi connectivity index (χ2v) is 4.59. The average molecular weight is 239 g/mol. The highest BCUT2D eigenvalue weighted by Gasteiger charge is 2.09. The van der Waals surface area contributed by atoms with Crippen LogP contribution < -0.4 is 10.5 Å². The number of rotatable bonds is 5. The third-order valence-electron chi connectivity index (χ3n) is 2.00. The number of nitrogens with two attached hydrogens (primary N) is 1. The van der Waals surface area contributed by atoms with Crippen molar-refractivity contribution < 1.29 is 4.74 Å². The van der Waals surface area contributed by atoms with Gasteiger partial charge < -0.3 is 10.5 Å². The largest absolute Gasteiger partial charge is 0.460 e. The van der Waals surface area contributed by atoms with Crippen molar-refractivity contribution in [2.24, 2.45) is 11.7 Å². The maximum Gasteiger partial charge on any atom is 0.317 e. The highest BCUT2D eigenvalue weighted by Crippen LogP contribution is 2.11. The average Bonchev–Trinajstić information content (AvgIpc) is 2.16. The quantitative estimate of drug-likeness (QED) is 0.795. The normalized spacial score (nSPS) is 12.5. The zero-order valence-corrected chi connectivity index (χ0v) is 10.6. The predicted molar refractivity (Wildman–Crippen MR) is 67.5 cm³/mol. The van der Waals surface area contributed by atoms with Crippen LogP contribution in [0.4, 0.5) is 0 Å². The van der Waals surface area contributed by atoms with E-state index in [4.69, 9.17) is 22.7 Å². The van der Waals surface area contributed by atoms with E-state index in [-0.39, 0.29) is 11.1 Å². The molecule has 0 amide bonds. The zero-order valence-electron chi connectivity index (χ0n) is 9.80. The number of ether oxygens (including phenoxy) is 1. The molecule has 88 valence electrons. The standard InChI is InChI=1S/C11H17N3OS/c1-7(2)6-8(3)15-11-13-5-4-9(14-11)10(12)16/h4-5,7-8H,6H2,1-3H3,(H2,12,16). The van der Waals surface area contributed by atoms with Gasteiger partial charge in [0.2, 0.25) is 0 Å². The molecule has 16 heavy (non-hydrogen) atoms. The zero-order chi connectivity index (χ0) is 12.1. The number of thiocarbonyl (C=S) groups is 1. The summed E-state index contributed by atoms with van der Waals surface area (Å²) >= 11 is 4.84. The first kappa shape index (κ1) is 12.8. The van der Waals surface area contributed by atoms with Gasteiger partial charge in [0.1, 0.15) is 10.7 Å². The molecule has 0 spiro atoms. The van der Waals surface area contributed by atoms with E-state index in [1.54, 1.807) is 12.3 Å². The smallest absolute Gasteiger partial charge is 0.317 e. The van der Waals surface area contributed by atoms with Crippen molar-refractivity contribution in [2.75, 3.05) is 0 Å². The first-order valence-corrected chi connectivity index (χ1v) is 5.69. The molecule has 0 radical (unpaired) electrons. The molecule has 1 heterocycles. The molecule has 0 saturated heterocycles. The molecule has 1 aromatic rings. The molecule has 1 rings (SSSR count). The van der Waals surface area contributed by atoms with Gasteiger partial charge in [0, 0.05) is 6.20 Å². The second kappa shape index (κ2) is 5.75. The molecule has 0 bridgehead atoms. The van der Waals surface area contributed by atoms with Crippen molar-refractivity contribution in [1.29, 1.82) is 0 Å². The number of hydrogen-bond acceptors (Lipinski definition) is 4. The molecule has 1 aromatic heterocycles. The Hall–Kier alpha value is -1.23. The molecular formula is C11H17N3OS. The Balaban J connectivity index is 2.66. The monoisotopic (exact) mass is 239 g/mol. The van der Waals surface area contributed by atoms with Crippen LogP contribution in [-0.4, -0.2) is 21.1 Å². The topological polar surface area (TPSA) is 61.0 Å².